The largest absolute Gasteiger partial charge is 0.310 e. The molecule has 0 saturated heterocycles. The number of nitrogens with one attached hydrogen (secondary N) is 1. The zero-order valence-electron chi connectivity index (χ0n) is 14.4. The molecule has 1 aliphatic rings. The molecule has 0 unspecified atom stereocenters. The number of aromatic nitrogens is 2. The summed E-state index contributed by atoms with van der Waals surface area (Å²) in [6.07, 6.45) is 0.790. The van der Waals surface area contributed by atoms with Gasteiger partial charge in [0.05, 0.1) is 22.9 Å². The fourth-order valence-corrected chi connectivity index (χ4v) is 2.91. The van der Waals surface area contributed by atoms with Crippen LogP contribution in [0.5, 0.6) is 0 Å². The summed E-state index contributed by atoms with van der Waals surface area (Å²) in [6, 6.07) is 9.73. The molecule has 3 rings (SSSR count). The molecule has 0 aliphatic carbocycles. The Bertz CT molecular complexity index is 838. The van der Waals surface area contributed by atoms with E-state index in [0.717, 1.165) is 42.2 Å². The second-order valence-corrected chi connectivity index (χ2v) is 7.36. The molecule has 1 N–H and O–H groups in total. The Kier molecular flexibility index (Phi) is 4.25. The summed E-state index contributed by atoms with van der Waals surface area (Å²) in [4.78, 5) is 22.3. The molecule has 2 heterocycles. The van der Waals surface area contributed by atoms with Crippen LogP contribution in [-0.2, 0) is 24.9 Å². The maximum absolute atomic E-state index is 12.5. The molecule has 5 heteroatoms. The minimum absolute atomic E-state index is 0.0190. The van der Waals surface area contributed by atoms with Crippen LogP contribution in [0.4, 0.5) is 0 Å². The van der Waals surface area contributed by atoms with E-state index in [1.807, 2.05) is 24.3 Å². The first kappa shape index (κ1) is 16.4. The highest BCUT2D eigenvalue weighted by Crippen LogP contribution is 2.21. The number of hydrogen-bond acceptors (Lipinski definition) is 4. The van der Waals surface area contributed by atoms with E-state index in [4.69, 9.17) is 10.2 Å². The summed E-state index contributed by atoms with van der Waals surface area (Å²) in [5, 5.41) is 8.86. The molecule has 1 aromatic carbocycles. The van der Waals surface area contributed by atoms with Crippen molar-refractivity contribution in [2.75, 3.05) is 6.54 Å². The Balaban J connectivity index is 1.79. The van der Waals surface area contributed by atoms with Gasteiger partial charge in [-0.15, -0.1) is 0 Å². The van der Waals surface area contributed by atoms with E-state index in [2.05, 4.69) is 36.7 Å². The van der Waals surface area contributed by atoms with Gasteiger partial charge in [-0.05, 0) is 17.7 Å². The lowest BCUT2D eigenvalue weighted by Crippen LogP contribution is -2.37. The molecule has 1 aliphatic heterocycles. The van der Waals surface area contributed by atoms with Crippen molar-refractivity contribution in [1.82, 2.24) is 14.9 Å². The molecule has 0 amide bonds. The zero-order valence-corrected chi connectivity index (χ0v) is 14.4. The quantitative estimate of drug-likeness (QED) is 0.922. The zero-order chi connectivity index (χ0) is 17.3. The van der Waals surface area contributed by atoms with Crippen LogP contribution in [0, 0.1) is 11.3 Å². The van der Waals surface area contributed by atoms with Gasteiger partial charge < -0.3 is 4.98 Å². The highest BCUT2D eigenvalue weighted by Gasteiger charge is 2.24. The van der Waals surface area contributed by atoms with E-state index in [-0.39, 0.29) is 11.0 Å². The van der Waals surface area contributed by atoms with Crippen molar-refractivity contribution < 1.29 is 0 Å². The van der Waals surface area contributed by atoms with E-state index in [9.17, 15) is 4.79 Å². The number of hydrogen-bond donors (Lipinski definition) is 1. The van der Waals surface area contributed by atoms with E-state index in [0.29, 0.717) is 12.1 Å². The molecule has 0 atom stereocenters. The number of aromatic amines is 1. The third kappa shape index (κ3) is 3.39. The Labute approximate surface area is 142 Å². The van der Waals surface area contributed by atoms with Crippen LogP contribution >= 0.6 is 0 Å². The van der Waals surface area contributed by atoms with Crippen LogP contribution in [0.1, 0.15) is 49.0 Å². The van der Waals surface area contributed by atoms with Crippen molar-refractivity contribution in [1.29, 1.82) is 5.26 Å². The molecular formula is C19H22N4O. The van der Waals surface area contributed by atoms with Crippen LogP contribution in [0.3, 0.4) is 0 Å². The maximum Gasteiger partial charge on any atom is 0.255 e. The van der Waals surface area contributed by atoms with Gasteiger partial charge in [-0.3, -0.25) is 9.69 Å². The van der Waals surface area contributed by atoms with Gasteiger partial charge in [-0.1, -0.05) is 32.9 Å². The minimum atomic E-state index is -0.159. The van der Waals surface area contributed by atoms with Gasteiger partial charge in [-0.2, -0.15) is 5.26 Å². The minimum Gasteiger partial charge on any atom is -0.310 e. The molecule has 1 aromatic heterocycles. The standard InChI is InChI=1S/C19H22N4O/c1-19(2,3)18-21-16-8-9-23(12-15(16)17(24)22-18)11-14-6-4-13(10-20)5-7-14/h4-7H,8-9,11-12H2,1-3H3,(H,21,22,24). The number of benzene rings is 1. The number of rotatable bonds is 2. The molecule has 0 fully saturated rings. The summed E-state index contributed by atoms with van der Waals surface area (Å²) in [5.41, 5.74) is 3.34. The lowest BCUT2D eigenvalue weighted by Gasteiger charge is -2.29. The topological polar surface area (TPSA) is 72.8 Å². The number of nitriles is 1. The highest BCUT2D eigenvalue weighted by atomic mass is 16.1. The van der Waals surface area contributed by atoms with Crippen molar-refractivity contribution >= 4 is 0 Å². The molecule has 0 spiro atoms. The van der Waals surface area contributed by atoms with Gasteiger partial charge in [0, 0.05) is 31.5 Å². The molecule has 0 radical (unpaired) electrons. The lowest BCUT2D eigenvalue weighted by atomic mass is 9.95. The predicted octanol–water partition coefficient (Wildman–Crippen LogP) is 2.50. The van der Waals surface area contributed by atoms with E-state index < -0.39 is 0 Å². The highest BCUT2D eigenvalue weighted by molar-refractivity contribution is 5.32. The first-order valence-electron chi connectivity index (χ1n) is 8.21. The van der Waals surface area contributed by atoms with Gasteiger partial charge in [0.2, 0.25) is 0 Å². The summed E-state index contributed by atoms with van der Waals surface area (Å²) < 4.78 is 0. The van der Waals surface area contributed by atoms with Crippen molar-refractivity contribution in [3.63, 3.8) is 0 Å². The third-order valence-corrected chi connectivity index (χ3v) is 4.35. The van der Waals surface area contributed by atoms with Crippen LogP contribution < -0.4 is 5.56 Å². The Morgan fingerprint density at radius 2 is 2.00 bits per heavy atom. The fraction of sp³-hybridized carbons (Fsp3) is 0.421. The van der Waals surface area contributed by atoms with Crippen LogP contribution in [0.25, 0.3) is 0 Å². The molecule has 0 saturated carbocycles. The molecule has 2 aromatic rings. The van der Waals surface area contributed by atoms with Gasteiger partial charge in [0.15, 0.2) is 0 Å². The average Bonchev–Trinajstić information content (AvgIpc) is 2.55. The smallest absolute Gasteiger partial charge is 0.255 e. The monoisotopic (exact) mass is 322 g/mol. The van der Waals surface area contributed by atoms with Crippen LogP contribution in [0.2, 0.25) is 0 Å². The average molecular weight is 322 g/mol. The summed E-state index contributed by atoms with van der Waals surface area (Å²) in [6.45, 7) is 8.42. The molecule has 5 nitrogen and oxygen atoms in total. The van der Waals surface area contributed by atoms with Crippen molar-refractivity contribution in [2.45, 2.75) is 45.7 Å². The van der Waals surface area contributed by atoms with Crippen LogP contribution in [0.15, 0.2) is 29.1 Å². The van der Waals surface area contributed by atoms with E-state index in [1.165, 1.54) is 0 Å². The summed E-state index contributed by atoms with van der Waals surface area (Å²) in [7, 11) is 0. The fourth-order valence-electron chi connectivity index (χ4n) is 2.91. The van der Waals surface area contributed by atoms with Gasteiger partial charge in [-0.25, -0.2) is 4.98 Å². The first-order valence-corrected chi connectivity index (χ1v) is 8.21. The maximum atomic E-state index is 12.5. The lowest BCUT2D eigenvalue weighted by molar-refractivity contribution is 0.241. The van der Waals surface area contributed by atoms with Crippen molar-refractivity contribution in [3.8, 4) is 6.07 Å². The predicted molar refractivity (Wildman–Crippen MR) is 92.5 cm³/mol. The van der Waals surface area contributed by atoms with Gasteiger partial charge in [0.1, 0.15) is 5.82 Å². The molecule has 124 valence electrons. The van der Waals surface area contributed by atoms with E-state index >= 15 is 0 Å². The Morgan fingerprint density at radius 1 is 1.29 bits per heavy atom. The molecular weight excluding hydrogens is 300 g/mol. The first-order chi connectivity index (χ1) is 11.4. The van der Waals surface area contributed by atoms with E-state index in [1.54, 1.807) is 0 Å². The van der Waals surface area contributed by atoms with Crippen molar-refractivity contribution in [3.05, 3.63) is 62.8 Å². The van der Waals surface area contributed by atoms with Gasteiger partial charge >= 0.3 is 0 Å². The Hall–Kier alpha value is -2.45. The second kappa shape index (κ2) is 6.21. The second-order valence-electron chi connectivity index (χ2n) is 7.36. The van der Waals surface area contributed by atoms with Gasteiger partial charge in [0.25, 0.3) is 5.56 Å². The number of H-pyrrole nitrogens is 1. The SMILES string of the molecule is CC(C)(C)c1nc2c(c(=O)[nH]1)CN(Cc1ccc(C#N)cc1)CC2. The van der Waals surface area contributed by atoms with Crippen molar-refractivity contribution in [2.24, 2.45) is 0 Å². The number of nitrogens with zero attached hydrogens (tertiary/aromatic N) is 3. The van der Waals surface area contributed by atoms with Crippen LogP contribution in [-0.4, -0.2) is 21.4 Å². The summed E-state index contributed by atoms with van der Waals surface area (Å²) in [5.74, 6) is 0.756. The normalized spacial score (nSPS) is 14.9. The molecule has 0 bridgehead atoms. The number of fused-ring (bicyclic) bond motifs is 1. The summed E-state index contributed by atoms with van der Waals surface area (Å²) >= 11 is 0. The molecule has 24 heavy (non-hydrogen) atoms. The Morgan fingerprint density at radius 3 is 2.62 bits per heavy atom. The third-order valence-electron chi connectivity index (χ3n) is 4.35.